The molecule has 0 saturated heterocycles. The van der Waals surface area contributed by atoms with Gasteiger partial charge >= 0.3 is 0 Å². The van der Waals surface area contributed by atoms with Gasteiger partial charge in [0.15, 0.2) is 5.96 Å². The van der Waals surface area contributed by atoms with E-state index in [1.165, 1.54) is 11.1 Å². The lowest BCUT2D eigenvalue weighted by Gasteiger charge is -2.21. The Hall–Kier alpha value is -1.51. The molecule has 1 heterocycles. The first kappa shape index (κ1) is 11.0. The van der Waals surface area contributed by atoms with E-state index in [2.05, 4.69) is 43.1 Å². The lowest BCUT2D eigenvalue weighted by atomic mass is 9.99. The Labute approximate surface area is 97.0 Å². The smallest absolute Gasteiger partial charge is 0.191 e. The predicted molar refractivity (Wildman–Crippen MR) is 67.5 cm³/mol. The maximum Gasteiger partial charge on any atom is 0.191 e. The van der Waals surface area contributed by atoms with E-state index >= 15 is 0 Å². The molecule has 1 atom stereocenters. The molecule has 0 amide bonds. The third kappa shape index (κ3) is 1.90. The minimum atomic E-state index is 0.307. The van der Waals surface area contributed by atoms with E-state index in [0.717, 1.165) is 6.54 Å². The van der Waals surface area contributed by atoms with Crippen LogP contribution < -0.4 is 5.73 Å². The van der Waals surface area contributed by atoms with Gasteiger partial charge in [0.1, 0.15) is 0 Å². The van der Waals surface area contributed by atoms with Crippen molar-refractivity contribution in [3.05, 3.63) is 35.4 Å². The van der Waals surface area contributed by atoms with Gasteiger partial charge in [-0.15, -0.1) is 0 Å². The summed E-state index contributed by atoms with van der Waals surface area (Å²) in [4.78, 5) is 6.28. The van der Waals surface area contributed by atoms with Crippen LogP contribution in [0, 0.1) is 0 Å². The van der Waals surface area contributed by atoms with Crippen molar-refractivity contribution in [2.24, 2.45) is 10.7 Å². The number of benzene rings is 1. The molecule has 1 aliphatic heterocycles. The van der Waals surface area contributed by atoms with Crippen LogP contribution in [-0.4, -0.2) is 24.5 Å². The molecule has 1 aliphatic rings. The second-order valence-electron chi connectivity index (χ2n) is 4.65. The SMILES string of the molecule is CC(C)c1ccc(C2CN=C(N)N2C)cc1. The minimum absolute atomic E-state index is 0.307. The topological polar surface area (TPSA) is 41.6 Å². The van der Waals surface area contributed by atoms with Crippen LogP contribution in [0.15, 0.2) is 29.3 Å². The number of nitrogens with zero attached hydrogens (tertiary/aromatic N) is 2. The number of nitrogens with two attached hydrogens (primary N) is 1. The molecule has 0 radical (unpaired) electrons. The Balaban J connectivity index is 2.17. The van der Waals surface area contributed by atoms with E-state index in [0.29, 0.717) is 17.9 Å². The molecular weight excluding hydrogens is 198 g/mol. The highest BCUT2D eigenvalue weighted by molar-refractivity contribution is 5.80. The van der Waals surface area contributed by atoms with Crippen molar-refractivity contribution >= 4 is 5.96 Å². The molecule has 1 aromatic rings. The van der Waals surface area contributed by atoms with Crippen LogP contribution in [0.2, 0.25) is 0 Å². The van der Waals surface area contributed by atoms with Gasteiger partial charge in [-0.1, -0.05) is 38.1 Å². The summed E-state index contributed by atoms with van der Waals surface area (Å²) < 4.78 is 0. The van der Waals surface area contributed by atoms with E-state index in [-0.39, 0.29) is 0 Å². The summed E-state index contributed by atoms with van der Waals surface area (Å²) in [6.07, 6.45) is 0. The van der Waals surface area contributed by atoms with Gasteiger partial charge in [0.25, 0.3) is 0 Å². The lowest BCUT2D eigenvalue weighted by Crippen LogP contribution is -2.32. The van der Waals surface area contributed by atoms with Gasteiger partial charge in [-0.25, -0.2) is 0 Å². The first-order valence-corrected chi connectivity index (χ1v) is 5.72. The van der Waals surface area contributed by atoms with Crippen LogP contribution in [0.25, 0.3) is 0 Å². The average molecular weight is 217 g/mol. The molecular formula is C13H19N3. The fourth-order valence-corrected chi connectivity index (χ4v) is 2.01. The van der Waals surface area contributed by atoms with E-state index in [4.69, 9.17) is 5.73 Å². The molecule has 3 nitrogen and oxygen atoms in total. The van der Waals surface area contributed by atoms with E-state index < -0.39 is 0 Å². The van der Waals surface area contributed by atoms with Crippen molar-refractivity contribution in [3.63, 3.8) is 0 Å². The number of likely N-dealkylation sites (N-methyl/N-ethyl adjacent to an activating group) is 1. The fraction of sp³-hybridized carbons (Fsp3) is 0.462. The molecule has 0 spiro atoms. The number of hydrogen-bond acceptors (Lipinski definition) is 3. The zero-order chi connectivity index (χ0) is 11.7. The summed E-state index contributed by atoms with van der Waals surface area (Å²) in [6, 6.07) is 9.07. The van der Waals surface area contributed by atoms with E-state index in [1.807, 2.05) is 11.9 Å². The number of hydrogen-bond donors (Lipinski definition) is 1. The van der Waals surface area contributed by atoms with Crippen molar-refractivity contribution in [3.8, 4) is 0 Å². The Bertz CT molecular complexity index is 392. The minimum Gasteiger partial charge on any atom is -0.370 e. The normalized spacial score (nSPS) is 20.4. The van der Waals surface area contributed by atoms with Crippen molar-refractivity contribution in [1.82, 2.24) is 4.90 Å². The first-order valence-electron chi connectivity index (χ1n) is 5.72. The summed E-state index contributed by atoms with van der Waals surface area (Å²) in [7, 11) is 1.99. The molecule has 1 unspecified atom stereocenters. The Kier molecular flexibility index (Phi) is 2.86. The number of rotatable bonds is 2. The van der Waals surface area contributed by atoms with Gasteiger partial charge in [-0.2, -0.15) is 0 Å². The summed E-state index contributed by atoms with van der Waals surface area (Å²) in [5.41, 5.74) is 8.42. The van der Waals surface area contributed by atoms with Crippen LogP contribution in [0.4, 0.5) is 0 Å². The predicted octanol–water partition coefficient (Wildman–Crippen LogP) is 2.11. The van der Waals surface area contributed by atoms with Gasteiger partial charge in [-0.05, 0) is 17.0 Å². The highest BCUT2D eigenvalue weighted by Gasteiger charge is 2.23. The van der Waals surface area contributed by atoms with Crippen molar-refractivity contribution in [1.29, 1.82) is 0 Å². The number of guanidine groups is 1. The molecule has 1 aromatic carbocycles. The Morgan fingerprint density at radius 1 is 1.31 bits per heavy atom. The second kappa shape index (κ2) is 4.16. The third-order valence-electron chi connectivity index (χ3n) is 3.24. The summed E-state index contributed by atoms with van der Waals surface area (Å²) in [6.45, 7) is 5.18. The van der Waals surface area contributed by atoms with Crippen molar-refractivity contribution < 1.29 is 0 Å². The summed E-state index contributed by atoms with van der Waals surface area (Å²) >= 11 is 0. The summed E-state index contributed by atoms with van der Waals surface area (Å²) in [5.74, 6) is 1.22. The third-order valence-corrected chi connectivity index (χ3v) is 3.24. The van der Waals surface area contributed by atoms with E-state index in [9.17, 15) is 0 Å². The quantitative estimate of drug-likeness (QED) is 0.824. The molecule has 2 rings (SSSR count). The van der Waals surface area contributed by atoms with Gasteiger partial charge in [0, 0.05) is 7.05 Å². The second-order valence-corrected chi connectivity index (χ2v) is 4.65. The van der Waals surface area contributed by atoms with Gasteiger partial charge < -0.3 is 10.6 Å². The summed E-state index contributed by atoms with van der Waals surface area (Å²) in [5, 5.41) is 0. The van der Waals surface area contributed by atoms with Gasteiger partial charge in [0.05, 0.1) is 12.6 Å². The molecule has 0 saturated carbocycles. The van der Waals surface area contributed by atoms with E-state index in [1.54, 1.807) is 0 Å². The number of aliphatic imine (C=N–C) groups is 1. The highest BCUT2D eigenvalue weighted by Crippen LogP contribution is 2.25. The van der Waals surface area contributed by atoms with Crippen LogP contribution in [-0.2, 0) is 0 Å². The molecule has 3 heteroatoms. The fourth-order valence-electron chi connectivity index (χ4n) is 2.01. The van der Waals surface area contributed by atoms with Gasteiger partial charge in [-0.3, -0.25) is 4.99 Å². The monoisotopic (exact) mass is 217 g/mol. The Morgan fingerprint density at radius 3 is 2.38 bits per heavy atom. The molecule has 0 fully saturated rings. The lowest BCUT2D eigenvalue weighted by molar-refractivity contribution is 0.414. The molecule has 16 heavy (non-hydrogen) atoms. The molecule has 2 N–H and O–H groups in total. The molecule has 0 aliphatic carbocycles. The van der Waals surface area contributed by atoms with Crippen molar-refractivity contribution in [2.45, 2.75) is 25.8 Å². The molecule has 86 valence electrons. The largest absolute Gasteiger partial charge is 0.370 e. The maximum absolute atomic E-state index is 5.76. The van der Waals surface area contributed by atoms with Crippen LogP contribution in [0.3, 0.4) is 0 Å². The van der Waals surface area contributed by atoms with Gasteiger partial charge in [0.2, 0.25) is 0 Å². The molecule has 0 aromatic heterocycles. The van der Waals surface area contributed by atoms with Crippen LogP contribution in [0.1, 0.15) is 36.9 Å². The van der Waals surface area contributed by atoms with Crippen LogP contribution >= 0.6 is 0 Å². The highest BCUT2D eigenvalue weighted by atomic mass is 15.3. The zero-order valence-corrected chi connectivity index (χ0v) is 10.1. The molecule has 0 bridgehead atoms. The zero-order valence-electron chi connectivity index (χ0n) is 10.1. The van der Waals surface area contributed by atoms with Crippen LogP contribution in [0.5, 0.6) is 0 Å². The first-order chi connectivity index (χ1) is 7.59. The van der Waals surface area contributed by atoms with Crippen molar-refractivity contribution in [2.75, 3.05) is 13.6 Å². The standard InChI is InChI=1S/C13H19N3/c1-9(2)10-4-6-11(7-5-10)12-8-15-13(14)16(12)3/h4-7,9,12H,8H2,1-3H3,(H2,14,15). The average Bonchev–Trinajstić information content (AvgIpc) is 2.60. The maximum atomic E-state index is 5.76. The Morgan fingerprint density at radius 2 is 1.94 bits per heavy atom.